The predicted molar refractivity (Wildman–Crippen MR) is 99.9 cm³/mol. The number of halogens is 3. The molecule has 2 N–H and O–H groups in total. The van der Waals surface area contributed by atoms with Crippen molar-refractivity contribution in [2.45, 2.75) is 18.7 Å². The number of aromatic amines is 1. The zero-order chi connectivity index (χ0) is 21.3. The number of fused-ring (bicyclic) bond motifs is 1. The van der Waals surface area contributed by atoms with Gasteiger partial charge in [-0.2, -0.15) is 5.10 Å². The summed E-state index contributed by atoms with van der Waals surface area (Å²) in [4.78, 5) is 12.0. The topological polar surface area (TPSA) is 85.5 Å². The van der Waals surface area contributed by atoms with Gasteiger partial charge in [-0.25, -0.2) is 0 Å². The number of anilines is 1. The van der Waals surface area contributed by atoms with Gasteiger partial charge < -0.3 is 19.5 Å². The number of carbonyl (C=O) groups is 1. The first kappa shape index (κ1) is 19.6. The van der Waals surface area contributed by atoms with E-state index in [1.54, 1.807) is 24.4 Å². The Morgan fingerprint density at radius 1 is 1.07 bits per heavy atom. The van der Waals surface area contributed by atoms with Crippen molar-refractivity contribution in [3.8, 4) is 23.0 Å². The molecule has 1 amide bonds. The largest absolute Gasteiger partial charge is 0.573 e. The number of methoxy groups -OCH3 is 1. The second-order valence-electron chi connectivity index (χ2n) is 6.50. The molecule has 1 aliphatic heterocycles. The van der Waals surface area contributed by atoms with E-state index in [0.717, 1.165) is 17.2 Å². The van der Waals surface area contributed by atoms with E-state index in [-0.39, 0.29) is 29.7 Å². The molecule has 0 fully saturated rings. The van der Waals surface area contributed by atoms with Crippen LogP contribution < -0.4 is 19.5 Å². The van der Waals surface area contributed by atoms with Crippen molar-refractivity contribution in [2.24, 2.45) is 0 Å². The van der Waals surface area contributed by atoms with Crippen molar-refractivity contribution < 1.29 is 32.2 Å². The maximum atomic E-state index is 12.6. The highest BCUT2D eigenvalue weighted by Gasteiger charge is 2.33. The first-order valence-electron chi connectivity index (χ1n) is 8.88. The number of aromatic nitrogens is 2. The van der Waals surface area contributed by atoms with Crippen molar-refractivity contribution in [3.63, 3.8) is 0 Å². The number of benzene rings is 2. The highest BCUT2D eigenvalue weighted by atomic mass is 19.4. The molecule has 2 aromatic carbocycles. The molecule has 156 valence electrons. The molecule has 0 radical (unpaired) electrons. The number of para-hydroxylation sites is 2. The van der Waals surface area contributed by atoms with Gasteiger partial charge in [0.15, 0.2) is 28.8 Å². The summed E-state index contributed by atoms with van der Waals surface area (Å²) < 4.78 is 53.0. The van der Waals surface area contributed by atoms with Crippen molar-refractivity contribution in [2.75, 3.05) is 12.4 Å². The van der Waals surface area contributed by atoms with Crippen LogP contribution in [0.1, 0.15) is 23.5 Å². The fraction of sp³-hybridized carbons (Fsp3) is 0.200. The number of alkyl halides is 3. The average Bonchev–Trinajstić information content (AvgIpc) is 3.16. The van der Waals surface area contributed by atoms with Gasteiger partial charge in [0.2, 0.25) is 5.91 Å². The lowest BCUT2D eigenvalue weighted by molar-refractivity contribution is -0.275. The van der Waals surface area contributed by atoms with E-state index in [2.05, 4.69) is 20.3 Å². The maximum Gasteiger partial charge on any atom is 0.573 e. The number of ether oxygens (including phenoxy) is 3. The third kappa shape index (κ3) is 4.02. The third-order valence-corrected chi connectivity index (χ3v) is 4.58. The van der Waals surface area contributed by atoms with E-state index in [1.807, 2.05) is 0 Å². The number of hydrogen-bond donors (Lipinski definition) is 2. The number of nitrogens with one attached hydrogen (secondary N) is 2. The van der Waals surface area contributed by atoms with Gasteiger partial charge in [0.1, 0.15) is 0 Å². The first-order chi connectivity index (χ1) is 14.3. The van der Waals surface area contributed by atoms with Crippen LogP contribution in [0.5, 0.6) is 23.0 Å². The van der Waals surface area contributed by atoms with Crippen molar-refractivity contribution in [3.05, 3.63) is 59.8 Å². The molecule has 1 aromatic heterocycles. The van der Waals surface area contributed by atoms with E-state index >= 15 is 0 Å². The number of carbonyl (C=O) groups excluding carboxylic acids is 1. The average molecular weight is 419 g/mol. The van der Waals surface area contributed by atoms with Crippen LogP contribution in [0.25, 0.3) is 0 Å². The smallest absolute Gasteiger partial charge is 0.493 e. The minimum atomic E-state index is -4.85. The van der Waals surface area contributed by atoms with Gasteiger partial charge in [0, 0.05) is 24.1 Å². The van der Waals surface area contributed by atoms with Gasteiger partial charge in [-0.3, -0.25) is 9.89 Å². The lowest BCUT2D eigenvalue weighted by Crippen LogP contribution is -2.23. The minimum absolute atomic E-state index is 0.116. The van der Waals surface area contributed by atoms with Crippen LogP contribution in [0.4, 0.5) is 19.0 Å². The van der Waals surface area contributed by atoms with Gasteiger partial charge in [-0.1, -0.05) is 18.2 Å². The Balaban J connectivity index is 1.65. The lowest BCUT2D eigenvalue weighted by atomic mass is 9.87. The van der Waals surface area contributed by atoms with Crippen molar-refractivity contribution in [1.29, 1.82) is 0 Å². The van der Waals surface area contributed by atoms with E-state index in [4.69, 9.17) is 9.47 Å². The zero-order valence-electron chi connectivity index (χ0n) is 15.6. The van der Waals surface area contributed by atoms with Crippen LogP contribution in [-0.2, 0) is 4.79 Å². The summed E-state index contributed by atoms with van der Waals surface area (Å²) in [6, 6.07) is 10.4. The quantitative estimate of drug-likeness (QED) is 0.632. The highest BCUT2D eigenvalue weighted by Crippen LogP contribution is 2.42. The zero-order valence-corrected chi connectivity index (χ0v) is 15.6. The molecule has 1 aliphatic rings. The van der Waals surface area contributed by atoms with Gasteiger partial charge in [-0.15, -0.1) is 13.2 Å². The van der Waals surface area contributed by atoms with E-state index in [0.29, 0.717) is 11.6 Å². The van der Waals surface area contributed by atoms with Crippen LogP contribution in [-0.4, -0.2) is 29.6 Å². The first-order valence-corrected chi connectivity index (χ1v) is 8.88. The fourth-order valence-electron chi connectivity index (χ4n) is 3.29. The SMILES string of the molecule is COc1cc(C2CC(=O)Nc3n[nH]cc32)ccc1Oc1ccccc1OC(F)(F)F. The summed E-state index contributed by atoms with van der Waals surface area (Å²) in [5.41, 5.74) is 1.60. The Morgan fingerprint density at radius 2 is 1.80 bits per heavy atom. The Morgan fingerprint density at radius 3 is 2.53 bits per heavy atom. The normalized spacial score (nSPS) is 15.9. The molecule has 1 unspecified atom stereocenters. The van der Waals surface area contributed by atoms with Crippen LogP contribution in [0, 0.1) is 0 Å². The predicted octanol–water partition coefficient (Wildman–Crippen LogP) is 4.58. The Labute approximate surface area is 168 Å². The van der Waals surface area contributed by atoms with Crippen LogP contribution in [0.2, 0.25) is 0 Å². The Bertz CT molecular complexity index is 1080. The molecule has 2 heterocycles. The molecular formula is C20H16F3N3O4. The molecule has 3 aromatic rings. The third-order valence-electron chi connectivity index (χ3n) is 4.58. The lowest BCUT2D eigenvalue weighted by Gasteiger charge is -2.23. The molecule has 0 aliphatic carbocycles. The van der Waals surface area contributed by atoms with Crippen LogP contribution in [0.3, 0.4) is 0 Å². The highest BCUT2D eigenvalue weighted by molar-refractivity contribution is 5.94. The van der Waals surface area contributed by atoms with Crippen LogP contribution >= 0.6 is 0 Å². The molecule has 30 heavy (non-hydrogen) atoms. The molecule has 0 saturated heterocycles. The van der Waals surface area contributed by atoms with Gasteiger partial charge >= 0.3 is 6.36 Å². The number of amides is 1. The summed E-state index contributed by atoms with van der Waals surface area (Å²) in [5, 5.41) is 9.44. The Kier molecular flexibility index (Phi) is 4.98. The standard InChI is InChI=1S/C20H16F3N3O4/c1-28-17-8-11(12-9-18(27)25-19-13(12)10-24-26-19)6-7-15(17)29-14-4-2-3-5-16(14)30-20(21,22)23/h2-8,10,12H,9H2,1H3,(H2,24,25,26,27). The van der Waals surface area contributed by atoms with Crippen molar-refractivity contribution >= 4 is 11.7 Å². The molecule has 7 nitrogen and oxygen atoms in total. The molecule has 1 atom stereocenters. The van der Waals surface area contributed by atoms with E-state index in [1.165, 1.54) is 25.3 Å². The van der Waals surface area contributed by atoms with E-state index < -0.39 is 12.1 Å². The summed E-state index contributed by atoms with van der Waals surface area (Å²) in [7, 11) is 1.42. The maximum absolute atomic E-state index is 12.6. The molecule has 0 saturated carbocycles. The van der Waals surface area contributed by atoms with Gasteiger partial charge in [0.05, 0.1) is 7.11 Å². The van der Waals surface area contributed by atoms with Gasteiger partial charge in [-0.05, 0) is 29.8 Å². The van der Waals surface area contributed by atoms with E-state index in [9.17, 15) is 18.0 Å². The van der Waals surface area contributed by atoms with Crippen LogP contribution in [0.15, 0.2) is 48.7 Å². The van der Waals surface area contributed by atoms with Crippen molar-refractivity contribution in [1.82, 2.24) is 10.2 Å². The summed E-state index contributed by atoms with van der Waals surface area (Å²) in [6.07, 6.45) is -2.92. The minimum Gasteiger partial charge on any atom is -0.493 e. The number of hydrogen-bond acceptors (Lipinski definition) is 5. The van der Waals surface area contributed by atoms with Gasteiger partial charge in [0.25, 0.3) is 0 Å². The second-order valence-corrected chi connectivity index (χ2v) is 6.50. The fourth-order valence-corrected chi connectivity index (χ4v) is 3.29. The summed E-state index contributed by atoms with van der Waals surface area (Å²) >= 11 is 0. The number of nitrogens with zero attached hydrogens (tertiary/aromatic N) is 1. The number of H-pyrrole nitrogens is 1. The molecule has 4 rings (SSSR count). The Hall–Kier alpha value is -3.69. The number of rotatable bonds is 5. The summed E-state index contributed by atoms with van der Waals surface area (Å²) in [5.74, 6) is -0.0437. The molecule has 0 bridgehead atoms. The summed E-state index contributed by atoms with van der Waals surface area (Å²) in [6.45, 7) is 0. The molecule has 10 heteroatoms. The molecular weight excluding hydrogens is 403 g/mol. The molecule has 0 spiro atoms. The monoisotopic (exact) mass is 419 g/mol. The second kappa shape index (κ2) is 7.62.